The number of hydrogen-bond donors (Lipinski definition) is 2. The smallest absolute Gasteiger partial charge is 0.191 e. The summed E-state index contributed by atoms with van der Waals surface area (Å²) in [4.78, 5) is 5.60. The summed E-state index contributed by atoms with van der Waals surface area (Å²) < 4.78 is 0. The second-order valence-electron chi connectivity index (χ2n) is 5.04. The van der Waals surface area contributed by atoms with Gasteiger partial charge in [0.1, 0.15) is 0 Å². The fraction of sp³-hybridized carbons (Fsp3) is 0.294. The van der Waals surface area contributed by atoms with E-state index in [-0.39, 0.29) is 0 Å². The third-order valence-corrected chi connectivity index (χ3v) is 4.45. The number of guanidine groups is 1. The van der Waals surface area contributed by atoms with Crippen LogP contribution in [0.25, 0.3) is 0 Å². The van der Waals surface area contributed by atoms with Gasteiger partial charge in [-0.3, -0.25) is 4.99 Å². The van der Waals surface area contributed by atoms with Crippen molar-refractivity contribution in [2.45, 2.75) is 19.4 Å². The van der Waals surface area contributed by atoms with Crippen LogP contribution in [0.4, 0.5) is 0 Å². The lowest BCUT2D eigenvalue weighted by atomic mass is 10.1. The molecule has 0 amide bonds. The summed E-state index contributed by atoms with van der Waals surface area (Å²) in [7, 11) is 1.76. The van der Waals surface area contributed by atoms with E-state index in [0.717, 1.165) is 18.1 Å². The van der Waals surface area contributed by atoms with Crippen LogP contribution in [-0.2, 0) is 6.54 Å². The molecule has 1 unspecified atom stereocenters. The lowest BCUT2D eigenvalue weighted by Gasteiger charge is -2.15. The third-order valence-electron chi connectivity index (χ3n) is 3.34. The number of nitriles is 1. The van der Waals surface area contributed by atoms with Crippen molar-refractivity contribution < 1.29 is 0 Å². The molecule has 0 spiro atoms. The Morgan fingerprint density at radius 2 is 2.18 bits per heavy atom. The maximum absolute atomic E-state index is 8.92. The largest absolute Gasteiger partial charge is 0.356 e. The van der Waals surface area contributed by atoms with Crippen molar-refractivity contribution in [2.75, 3.05) is 13.6 Å². The van der Waals surface area contributed by atoms with E-state index in [1.165, 1.54) is 4.88 Å². The first kappa shape index (κ1) is 16.1. The Balaban J connectivity index is 1.84. The second-order valence-corrected chi connectivity index (χ2v) is 6.01. The van der Waals surface area contributed by atoms with E-state index in [1.54, 1.807) is 24.5 Å². The lowest BCUT2D eigenvalue weighted by molar-refractivity contribution is 0.708. The number of nitrogens with one attached hydrogen (secondary N) is 2. The van der Waals surface area contributed by atoms with Gasteiger partial charge in [-0.2, -0.15) is 5.26 Å². The Bertz CT molecular complexity index is 656. The summed E-state index contributed by atoms with van der Waals surface area (Å²) in [5, 5.41) is 17.6. The zero-order chi connectivity index (χ0) is 15.8. The highest BCUT2D eigenvalue weighted by molar-refractivity contribution is 7.10. The average Bonchev–Trinajstić information content (AvgIpc) is 3.09. The zero-order valence-corrected chi connectivity index (χ0v) is 13.7. The van der Waals surface area contributed by atoms with E-state index < -0.39 is 0 Å². The highest BCUT2D eigenvalue weighted by Crippen LogP contribution is 2.19. The molecule has 2 N–H and O–H groups in total. The van der Waals surface area contributed by atoms with Crippen molar-refractivity contribution in [3.05, 3.63) is 57.8 Å². The van der Waals surface area contributed by atoms with Crippen LogP contribution in [-0.4, -0.2) is 19.6 Å². The van der Waals surface area contributed by atoms with Crippen LogP contribution < -0.4 is 10.6 Å². The average molecular weight is 312 g/mol. The van der Waals surface area contributed by atoms with Gasteiger partial charge in [-0.1, -0.05) is 25.1 Å². The zero-order valence-electron chi connectivity index (χ0n) is 12.8. The molecule has 1 atom stereocenters. The van der Waals surface area contributed by atoms with Gasteiger partial charge >= 0.3 is 0 Å². The molecule has 0 bridgehead atoms. The molecule has 0 fully saturated rings. The molecule has 2 aromatic rings. The van der Waals surface area contributed by atoms with Gasteiger partial charge in [-0.15, -0.1) is 11.3 Å². The fourth-order valence-corrected chi connectivity index (χ4v) is 2.87. The molecule has 0 radical (unpaired) electrons. The van der Waals surface area contributed by atoms with Crippen LogP contribution in [0.2, 0.25) is 0 Å². The number of hydrogen-bond acceptors (Lipinski definition) is 3. The van der Waals surface area contributed by atoms with E-state index in [9.17, 15) is 0 Å². The van der Waals surface area contributed by atoms with Gasteiger partial charge in [-0.25, -0.2) is 0 Å². The van der Waals surface area contributed by atoms with Crippen LogP contribution in [0.5, 0.6) is 0 Å². The summed E-state index contributed by atoms with van der Waals surface area (Å²) in [6.07, 6.45) is 0. The third kappa shape index (κ3) is 4.61. The molecule has 114 valence electrons. The predicted octanol–water partition coefficient (Wildman–Crippen LogP) is 3.09. The maximum atomic E-state index is 8.92. The molecule has 4 nitrogen and oxygen atoms in total. The summed E-state index contributed by atoms with van der Waals surface area (Å²) in [6.45, 7) is 3.67. The maximum Gasteiger partial charge on any atom is 0.191 e. The summed E-state index contributed by atoms with van der Waals surface area (Å²) in [5.74, 6) is 1.21. The summed E-state index contributed by atoms with van der Waals surface area (Å²) >= 11 is 1.77. The molecule has 22 heavy (non-hydrogen) atoms. The SMILES string of the molecule is CN=C(NCc1cccc(C#N)c1)NCC(C)c1cccs1. The highest BCUT2D eigenvalue weighted by atomic mass is 32.1. The number of aliphatic imine (C=N–C) groups is 1. The molecule has 0 aliphatic carbocycles. The van der Waals surface area contributed by atoms with E-state index in [0.29, 0.717) is 18.0 Å². The van der Waals surface area contributed by atoms with Gasteiger partial charge in [0.15, 0.2) is 5.96 Å². The molecular weight excluding hydrogens is 292 g/mol. The van der Waals surface area contributed by atoms with E-state index in [1.807, 2.05) is 18.2 Å². The minimum atomic E-state index is 0.445. The van der Waals surface area contributed by atoms with Crippen LogP contribution in [0.3, 0.4) is 0 Å². The minimum absolute atomic E-state index is 0.445. The van der Waals surface area contributed by atoms with Crippen LogP contribution in [0, 0.1) is 11.3 Å². The topological polar surface area (TPSA) is 60.2 Å². The van der Waals surface area contributed by atoms with E-state index >= 15 is 0 Å². The Morgan fingerprint density at radius 1 is 1.32 bits per heavy atom. The van der Waals surface area contributed by atoms with Crippen molar-refractivity contribution in [1.29, 1.82) is 5.26 Å². The van der Waals surface area contributed by atoms with Crippen LogP contribution >= 0.6 is 11.3 Å². The van der Waals surface area contributed by atoms with E-state index in [4.69, 9.17) is 5.26 Å². The molecule has 0 saturated carbocycles. The Hall–Kier alpha value is -2.32. The Morgan fingerprint density at radius 3 is 2.86 bits per heavy atom. The summed E-state index contributed by atoms with van der Waals surface area (Å²) in [6, 6.07) is 14.0. The minimum Gasteiger partial charge on any atom is -0.356 e. The van der Waals surface area contributed by atoms with Crippen molar-refractivity contribution in [2.24, 2.45) is 4.99 Å². The summed E-state index contributed by atoms with van der Waals surface area (Å²) in [5.41, 5.74) is 1.74. The fourth-order valence-electron chi connectivity index (χ4n) is 2.08. The Labute approximate surface area is 135 Å². The van der Waals surface area contributed by atoms with Gasteiger partial charge in [0, 0.05) is 30.9 Å². The molecule has 5 heteroatoms. The highest BCUT2D eigenvalue weighted by Gasteiger charge is 2.07. The van der Waals surface area contributed by atoms with Gasteiger partial charge in [0.2, 0.25) is 0 Å². The second kappa shape index (κ2) is 8.20. The lowest BCUT2D eigenvalue weighted by Crippen LogP contribution is -2.38. The number of benzene rings is 1. The number of rotatable bonds is 5. The molecule has 2 rings (SSSR count). The van der Waals surface area contributed by atoms with Crippen molar-refractivity contribution in [3.8, 4) is 6.07 Å². The van der Waals surface area contributed by atoms with Gasteiger partial charge in [0.05, 0.1) is 11.6 Å². The number of nitrogens with zero attached hydrogens (tertiary/aromatic N) is 2. The first-order chi connectivity index (χ1) is 10.7. The van der Waals surface area contributed by atoms with Crippen molar-refractivity contribution in [3.63, 3.8) is 0 Å². The molecule has 1 heterocycles. The van der Waals surface area contributed by atoms with E-state index in [2.05, 4.69) is 46.1 Å². The van der Waals surface area contributed by atoms with Crippen molar-refractivity contribution >= 4 is 17.3 Å². The quantitative estimate of drug-likeness (QED) is 0.659. The standard InChI is InChI=1S/C17H20N4S/c1-13(16-7-4-8-22-16)11-20-17(19-2)21-12-15-6-3-5-14(9-15)10-18/h3-9,13H,11-12H2,1-2H3,(H2,19,20,21). The van der Waals surface area contributed by atoms with Gasteiger partial charge < -0.3 is 10.6 Å². The molecule has 0 aliphatic rings. The normalized spacial score (nSPS) is 12.5. The molecule has 0 aliphatic heterocycles. The first-order valence-corrected chi connectivity index (χ1v) is 8.08. The van der Waals surface area contributed by atoms with Crippen molar-refractivity contribution in [1.82, 2.24) is 10.6 Å². The van der Waals surface area contributed by atoms with Gasteiger partial charge in [-0.05, 0) is 29.1 Å². The number of thiophene rings is 1. The molecule has 1 aromatic carbocycles. The molecular formula is C17H20N4S. The Kier molecular flexibility index (Phi) is 5.99. The van der Waals surface area contributed by atoms with Gasteiger partial charge in [0.25, 0.3) is 0 Å². The monoisotopic (exact) mass is 312 g/mol. The van der Waals surface area contributed by atoms with Crippen LogP contribution in [0.15, 0.2) is 46.8 Å². The first-order valence-electron chi connectivity index (χ1n) is 7.20. The van der Waals surface area contributed by atoms with Crippen LogP contribution in [0.1, 0.15) is 28.8 Å². The molecule has 0 saturated heterocycles. The predicted molar refractivity (Wildman–Crippen MR) is 92.1 cm³/mol. The molecule has 1 aromatic heterocycles.